The van der Waals surface area contributed by atoms with E-state index in [1.807, 2.05) is 30.3 Å². The van der Waals surface area contributed by atoms with Crippen molar-refractivity contribution in [1.29, 1.82) is 0 Å². The average molecular weight is 1330 g/mol. The number of rotatable bonds is 8. The zero-order chi connectivity index (χ0) is 74.6. The summed E-state index contributed by atoms with van der Waals surface area (Å²) in [5.74, 6) is 1.01. The molecule has 4 nitrogen and oxygen atoms in total. The van der Waals surface area contributed by atoms with Crippen LogP contribution in [-0.2, 0) is 5.41 Å². The van der Waals surface area contributed by atoms with Crippen molar-refractivity contribution in [3.63, 3.8) is 0 Å². The zero-order valence-corrected chi connectivity index (χ0v) is 56.7. The van der Waals surface area contributed by atoms with E-state index >= 15 is 0 Å². The van der Waals surface area contributed by atoms with Crippen molar-refractivity contribution in [2.75, 3.05) is 4.90 Å². The molecule has 2 aliphatic rings. The maximum absolute atomic E-state index is 9.37. The minimum absolute atomic E-state index is 0.0644. The topological polar surface area (TPSA) is 22.3 Å². The molecular formula is C94H62BN3OS2. The molecule has 2 aliphatic heterocycles. The van der Waals surface area contributed by atoms with Gasteiger partial charge in [0.1, 0.15) is 11.5 Å². The maximum atomic E-state index is 9.37. The number of para-hydroxylation sites is 4. The Kier molecular flexibility index (Phi) is 10.9. The van der Waals surface area contributed by atoms with Crippen molar-refractivity contribution in [2.45, 2.75) is 26.2 Å². The summed E-state index contributed by atoms with van der Waals surface area (Å²) in [5, 5.41) is 8.04. The molecule has 0 saturated heterocycles. The molecule has 0 radical (unpaired) electrons. The summed E-state index contributed by atoms with van der Waals surface area (Å²) < 4.78 is 97.8. The van der Waals surface area contributed by atoms with Crippen molar-refractivity contribution in [2.24, 2.45) is 0 Å². The number of anilines is 3. The van der Waals surface area contributed by atoms with E-state index in [0.717, 1.165) is 143 Å². The summed E-state index contributed by atoms with van der Waals surface area (Å²) in [6, 6.07) is 92.4. The number of thiophene rings is 2. The third kappa shape index (κ3) is 8.80. The van der Waals surface area contributed by atoms with Crippen LogP contribution in [0.3, 0.4) is 0 Å². The summed E-state index contributed by atoms with van der Waals surface area (Å²) in [7, 11) is 0. The Hall–Kier alpha value is -12.0. The summed E-state index contributed by atoms with van der Waals surface area (Å²) in [4.78, 5) is 2.40. The van der Waals surface area contributed by atoms with Crippen molar-refractivity contribution in [1.82, 2.24) is 9.13 Å². The van der Waals surface area contributed by atoms with Crippen LogP contribution in [-0.4, -0.2) is 15.8 Å². The fourth-order valence-electron chi connectivity index (χ4n) is 16.6. The van der Waals surface area contributed by atoms with E-state index < -0.39 is 24.8 Å². The van der Waals surface area contributed by atoms with E-state index in [4.69, 9.17) is 11.6 Å². The van der Waals surface area contributed by atoms with Gasteiger partial charge in [-0.3, -0.25) is 0 Å². The lowest BCUT2D eigenvalue weighted by Gasteiger charge is -2.41. The van der Waals surface area contributed by atoms with Gasteiger partial charge >= 0.3 is 0 Å². The highest BCUT2D eigenvalue weighted by Crippen LogP contribution is 2.52. The number of aromatic nitrogens is 2. The highest BCUT2D eigenvalue weighted by molar-refractivity contribution is 7.26. The molecule has 0 unspecified atom stereocenters. The molecule has 0 bridgehead atoms. The van der Waals surface area contributed by atoms with Gasteiger partial charge in [0.15, 0.2) is 0 Å². The van der Waals surface area contributed by atoms with Gasteiger partial charge in [0, 0.05) is 95.6 Å². The second-order valence-electron chi connectivity index (χ2n) is 27.5. The molecule has 0 atom stereocenters. The van der Waals surface area contributed by atoms with E-state index in [1.54, 1.807) is 11.3 Å². The minimum Gasteiger partial charge on any atom is -0.458 e. The van der Waals surface area contributed by atoms with Crippen LogP contribution in [0.1, 0.15) is 38.7 Å². The Bertz CT molecular complexity index is 7140. The van der Waals surface area contributed by atoms with Crippen LogP contribution in [0.4, 0.5) is 17.1 Å². The molecule has 0 saturated carbocycles. The SMILES string of the molecule is [2H]c1c([2H])c([2H])c(-c2ccc3c(c2)Oc2cc(-c4c(-c5cccc6c5sc5c([2H])c([2H])c([2H])c([2H])c56)cccc4-n4c5ccccc5c5ccccc54)cc4c2B3c2cc(-c3c(-c5cccc6sc7ccccc7c56)cccc3-n3c5ccccc5c5ccccc53)ccc2N4c2ccc(C(C)(C)C)cc2)c([2H])c1[2H]. The second-order valence-corrected chi connectivity index (χ2v) is 29.6. The van der Waals surface area contributed by atoms with Gasteiger partial charge in [0.2, 0.25) is 0 Å². The number of fused-ring (bicyclic) bond motifs is 16. The van der Waals surface area contributed by atoms with Crippen LogP contribution in [0, 0.1) is 0 Å². The van der Waals surface area contributed by atoms with Gasteiger partial charge in [0.25, 0.3) is 6.71 Å². The van der Waals surface area contributed by atoms with Gasteiger partial charge in [-0.25, -0.2) is 0 Å². The third-order valence-electron chi connectivity index (χ3n) is 21.0. The molecule has 7 heteroatoms. The smallest absolute Gasteiger partial charge is 0.256 e. The lowest BCUT2D eigenvalue weighted by atomic mass is 9.34. The standard InChI is InChI=1S/C94H62BN3OS2/c1-94(2,3)61-47-49-62(50-48-61)96-80-52-46-59(89-68(69-33-22-44-88-91(69)73-30-12-18-43-87(73)100-88)31-20-40-81(89)97-76-36-13-7-25-63(76)64-26-8-14-37-77(64)97)53-75(80)95-74-51-45-58(57-23-5-4-6-24-57)55-84(74)99-85-56-60(54-83(96)92(85)95)90-70(72-35-19-34-71-67-29-11-17-42-86(67)101-93(71)72)32-21-41-82(90)98-78-38-15-9-27-65(78)66-28-10-16-39-79(66)98/h4-56H,1-3H3/i4D,5D,6D,11D,17D,23D,24D,29D,42D. The van der Waals surface area contributed by atoms with Crippen LogP contribution in [0.15, 0.2) is 321 Å². The third-order valence-corrected chi connectivity index (χ3v) is 23.3. The van der Waals surface area contributed by atoms with Crippen LogP contribution in [0.25, 0.3) is 151 Å². The molecule has 0 spiro atoms. The predicted octanol–water partition coefficient (Wildman–Crippen LogP) is 24.7. The molecule has 0 N–H and O–H groups in total. The van der Waals surface area contributed by atoms with Gasteiger partial charge in [0.05, 0.1) is 45.8 Å². The Labute approximate surface area is 605 Å². The minimum atomic E-state index is -0.540. The van der Waals surface area contributed by atoms with E-state index in [9.17, 15) is 5.48 Å². The molecule has 19 aromatic rings. The number of nitrogens with zero attached hydrogens (tertiary/aromatic N) is 3. The molecule has 6 heterocycles. The first-order valence-corrected chi connectivity index (χ1v) is 35.8. The van der Waals surface area contributed by atoms with Crippen LogP contribution in [0.5, 0.6) is 11.5 Å². The molecule has 21 rings (SSSR count). The van der Waals surface area contributed by atoms with E-state index in [0.29, 0.717) is 27.1 Å². The maximum Gasteiger partial charge on any atom is 0.256 e. The molecule has 0 fully saturated rings. The lowest BCUT2D eigenvalue weighted by molar-refractivity contribution is 0.488. The molecular weight excluding hydrogens is 1260 g/mol. The predicted molar refractivity (Wildman–Crippen MR) is 433 cm³/mol. The number of benzene rings is 15. The quantitative estimate of drug-likeness (QED) is 0.142. The molecule has 4 aromatic heterocycles. The summed E-state index contributed by atoms with van der Waals surface area (Å²) in [6.07, 6.45) is 0. The molecule has 15 aromatic carbocycles. The summed E-state index contributed by atoms with van der Waals surface area (Å²) in [5.41, 5.74) is 20.5. The zero-order valence-electron chi connectivity index (χ0n) is 64.0. The normalized spacial score (nSPS) is 14.0. The van der Waals surface area contributed by atoms with Gasteiger partial charge in [-0.05, 0) is 157 Å². The lowest BCUT2D eigenvalue weighted by Crippen LogP contribution is -2.59. The number of hydrogen-bond acceptors (Lipinski definition) is 4. The van der Waals surface area contributed by atoms with Crippen molar-refractivity contribution in [3.05, 3.63) is 327 Å². The van der Waals surface area contributed by atoms with E-state index in [-0.39, 0.29) is 47.2 Å². The Morgan fingerprint density at radius 1 is 0.356 bits per heavy atom. The van der Waals surface area contributed by atoms with Gasteiger partial charge in [-0.15, -0.1) is 22.7 Å². The molecule has 0 aliphatic carbocycles. The first kappa shape index (κ1) is 49.5. The van der Waals surface area contributed by atoms with Crippen molar-refractivity contribution in [3.8, 4) is 78.5 Å². The number of ether oxygens (including phenoxy) is 1. The summed E-state index contributed by atoms with van der Waals surface area (Å²) in [6.45, 7) is 6.16. The first-order chi connectivity index (χ1) is 53.5. The fraction of sp³-hybridized carbons (Fsp3) is 0.0426. The van der Waals surface area contributed by atoms with Crippen molar-refractivity contribution >= 4 is 147 Å². The average Bonchev–Trinajstić information content (AvgIpc) is 1.31. The molecule has 101 heavy (non-hydrogen) atoms. The first-order valence-electron chi connectivity index (χ1n) is 38.7. The Morgan fingerprint density at radius 3 is 1.58 bits per heavy atom. The Balaban J connectivity index is 0.887. The second kappa shape index (κ2) is 22.3. The van der Waals surface area contributed by atoms with Crippen LogP contribution >= 0.6 is 22.7 Å². The molecule has 474 valence electrons. The number of hydrogen-bond donors (Lipinski definition) is 0. The van der Waals surface area contributed by atoms with Crippen LogP contribution in [0.2, 0.25) is 0 Å². The van der Waals surface area contributed by atoms with E-state index in [2.05, 4.69) is 271 Å². The monoisotopic (exact) mass is 1330 g/mol. The highest BCUT2D eigenvalue weighted by atomic mass is 32.1. The van der Waals surface area contributed by atoms with Crippen LogP contribution < -0.4 is 26.0 Å². The largest absolute Gasteiger partial charge is 0.458 e. The van der Waals surface area contributed by atoms with Gasteiger partial charge in [-0.1, -0.05) is 251 Å². The fourth-order valence-corrected chi connectivity index (χ4v) is 18.9. The highest BCUT2D eigenvalue weighted by Gasteiger charge is 2.43. The van der Waals surface area contributed by atoms with Gasteiger partial charge in [-0.2, -0.15) is 0 Å². The summed E-state index contributed by atoms with van der Waals surface area (Å²) >= 11 is 3.18. The van der Waals surface area contributed by atoms with Gasteiger partial charge < -0.3 is 18.8 Å². The van der Waals surface area contributed by atoms with E-state index in [1.165, 1.54) is 37.1 Å². The Morgan fingerprint density at radius 2 is 0.901 bits per heavy atom. The molecule has 0 amide bonds. The van der Waals surface area contributed by atoms with Crippen molar-refractivity contribution < 1.29 is 17.1 Å².